The first-order valence-corrected chi connectivity index (χ1v) is 14.4. The minimum Gasteiger partial charge on any atom is -0.368 e. The number of piperidine rings is 1. The molecular formula is C32H41N5O2. The van der Waals surface area contributed by atoms with Crippen molar-refractivity contribution in [3.63, 3.8) is 0 Å². The summed E-state index contributed by atoms with van der Waals surface area (Å²) in [5.74, 6) is 0.0276. The number of aromatic nitrogens is 2. The Balaban J connectivity index is 1.35. The van der Waals surface area contributed by atoms with Gasteiger partial charge in [-0.2, -0.15) is 5.10 Å². The molecule has 2 aromatic rings. The Morgan fingerprint density at radius 3 is 2.69 bits per heavy atom. The zero-order chi connectivity index (χ0) is 27.4. The average molecular weight is 528 g/mol. The molecule has 7 nitrogen and oxygen atoms in total. The van der Waals surface area contributed by atoms with Crippen LogP contribution in [0.4, 0.5) is 5.69 Å². The molecule has 0 saturated carbocycles. The Bertz CT molecular complexity index is 1310. The van der Waals surface area contributed by atoms with Gasteiger partial charge in [0.2, 0.25) is 0 Å². The quantitative estimate of drug-likeness (QED) is 0.569. The van der Waals surface area contributed by atoms with E-state index >= 15 is 0 Å². The number of allylic oxidation sites excluding steroid dienone is 5. The molecule has 5 rings (SSSR count). The fraction of sp³-hybridized carbons (Fsp3) is 0.469. The third-order valence-electron chi connectivity index (χ3n) is 8.28. The van der Waals surface area contributed by atoms with E-state index in [0.29, 0.717) is 24.4 Å². The summed E-state index contributed by atoms with van der Waals surface area (Å²) in [6, 6.07) is 8.63. The van der Waals surface area contributed by atoms with Crippen molar-refractivity contribution in [2.24, 2.45) is 7.05 Å². The highest BCUT2D eigenvalue weighted by Crippen LogP contribution is 2.31. The molecule has 1 aliphatic carbocycles. The Hall–Kier alpha value is -3.45. The molecular weight excluding hydrogens is 486 g/mol. The SMILES string of the molecule is CCN(c1cccc2c1C/C=C/CCC1=C(CNC2=O)C(=O)CC(C)=C1)C1CCN(Cc2ccn(C)n2)CC1. The van der Waals surface area contributed by atoms with Crippen LogP contribution in [-0.4, -0.2) is 58.6 Å². The molecule has 1 aromatic heterocycles. The summed E-state index contributed by atoms with van der Waals surface area (Å²) in [6.07, 6.45) is 13.6. The highest BCUT2D eigenvalue weighted by molar-refractivity contribution is 6.02. The Labute approximate surface area is 232 Å². The molecule has 3 aliphatic rings. The first kappa shape index (κ1) is 27.1. The second-order valence-corrected chi connectivity index (χ2v) is 11.1. The van der Waals surface area contributed by atoms with Crippen LogP contribution in [0, 0.1) is 0 Å². The lowest BCUT2D eigenvalue weighted by Gasteiger charge is -2.40. The lowest BCUT2D eigenvalue weighted by Crippen LogP contribution is -2.45. The Morgan fingerprint density at radius 1 is 1.13 bits per heavy atom. The number of aryl methyl sites for hydroxylation is 1. The van der Waals surface area contributed by atoms with Crippen molar-refractivity contribution < 1.29 is 9.59 Å². The molecule has 3 heterocycles. The van der Waals surface area contributed by atoms with E-state index in [1.54, 1.807) is 0 Å². The number of fused-ring (bicyclic) bond motifs is 1. The van der Waals surface area contributed by atoms with Gasteiger partial charge in [0.05, 0.1) is 5.69 Å². The van der Waals surface area contributed by atoms with Crippen LogP contribution in [0.5, 0.6) is 0 Å². The number of amides is 1. The lowest BCUT2D eigenvalue weighted by atomic mass is 9.89. The predicted octanol–water partition coefficient (Wildman–Crippen LogP) is 4.75. The molecule has 0 radical (unpaired) electrons. The molecule has 1 amide bonds. The number of hydrogen-bond acceptors (Lipinski definition) is 5. The fourth-order valence-electron chi connectivity index (χ4n) is 6.29. The van der Waals surface area contributed by atoms with Crippen molar-refractivity contribution in [2.45, 2.75) is 65.0 Å². The molecule has 1 N–H and O–H groups in total. The molecule has 0 atom stereocenters. The molecule has 1 fully saturated rings. The fourth-order valence-corrected chi connectivity index (χ4v) is 6.29. The first-order valence-electron chi connectivity index (χ1n) is 14.4. The van der Waals surface area contributed by atoms with Crippen molar-refractivity contribution in [3.8, 4) is 0 Å². The number of benzene rings is 1. The maximum atomic E-state index is 13.5. The van der Waals surface area contributed by atoms with Crippen LogP contribution >= 0.6 is 0 Å². The largest absolute Gasteiger partial charge is 0.368 e. The van der Waals surface area contributed by atoms with Crippen molar-refractivity contribution in [3.05, 3.63) is 82.2 Å². The number of nitrogens with one attached hydrogen (secondary N) is 1. The van der Waals surface area contributed by atoms with Gasteiger partial charge in [-0.25, -0.2) is 0 Å². The third kappa shape index (κ3) is 6.25. The summed E-state index contributed by atoms with van der Waals surface area (Å²) in [4.78, 5) is 31.3. The molecule has 1 saturated heterocycles. The maximum Gasteiger partial charge on any atom is 0.251 e. The number of carbonyl (C=O) groups is 2. The molecule has 2 aliphatic heterocycles. The minimum absolute atomic E-state index is 0.104. The number of nitrogens with zero attached hydrogens (tertiary/aromatic N) is 4. The first-order chi connectivity index (χ1) is 18.9. The van der Waals surface area contributed by atoms with E-state index in [9.17, 15) is 9.59 Å². The molecule has 0 unspecified atom stereocenters. The summed E-state index contributed by atoms with van der Waals surface area (Å²) >= 11 is 0. The zero-order valence-electron chi connectivity index (χ0n) is 23.6. The van der Waals surface area contributed by atoms with Gasteiger partial charge in [-0.15, -0.1) is 0 Å². The lowest BCUT2D eigenvalue weighted by molar-refractivity contribution is -0.115. The summed E-state index contributed by atoms with van der Waals surface area (Å²) in [5, 5.41) is 7.64. The number of anilines is 1. The van der Waals surface area contributed by atoms with Gasteiger partial charge in [0.1, 0.15) is 0 Å². The van der Waals surface area contributed by atoms with Gasteiger partial charge in [-0.3, -0.25) is 19.2 Å². The molecule has 206 valence electrons. The van der Waals surface area contributed by atoms with E-state index in [2.05, 4.69) is 57.5 Å². The smallest absolute Gasteiger partial charge is 0.251 e. The summed E-state index contributed by atoms with van der Waals surface area (Å²) < 4.78 is 1.86. The highest BCUT2D eigenvalue weighted by Gasteiger charge is 2.27. The number of likely N-dealkylation sites (tertiary alicyclic amines) is 1. The molecule has 0 spiro atoms. The Morgan fingerprint density at radius 2 is 1.95 bits per heavy atom. The molecule has 39 heavy (non-hydrogen) atoms. The molecule has 1 aromatic carbocycles. The van der Waals surface area contributed by atoms with Crippen molar-refractivity contribution in [1.82, 2.24) is 20.0 Å². The van der Waals surface area contributed by atoms with Crippen LogP contribution in [0.2, 0.25) is 0 Å². The maximum absolute atomic E-state index is 13.5. The van der Waals surface area contributed by atoms with Crippen LogP contribution in [-0.2, 0) is 24.8 Å². The zero-order valence-corrected chi connectivity index (χ0v) is 23.6. The van der Waals surface area contributed by atoms with Crippen molar-refractivity contribution in [2.75, 3.05) is 31.1 Å². The average Bonchev–Trinajstić information content (AvgIpc) is 3.33. The van der Waals surface area contributed by atoms with Crippen LogP contribution in [0.15, 0.2) is 65.4 Å². The normalized spacial score (nSPS) is 20.3. The summed E-state index contributed by atoms with van der Waals surface area (Å²) in [6.45, 7) is 8.36. The van der Waals surface area contributed by atoms with Crippen molar-refractivity contribution in [1.29, 1.82) is 0 Å². The number of hydrogen-bond donors (Lipinski definition) is 1. The monoisotopic (exact) mass is 527 g/mol. The minimum atomic E-state index is -0.104. The van der Waals surface area contributed by atoms with E-state index in [1.807, 2.05) is 37.0 Å². The van der Waals surface area contributed by atoms with Gasteiger partial charge in [0.15, 0.2) is 5.78 Å². The van der Waals surface area contributed by atoms with Crippen LogP contribution in [0.3, 0.4) is 0 Å². The molecule has 0 bridgehead atoms. The van der Waals surface area contributed by atoms with Gasteiger partial charge in [-0.1, -0.05) is 29.9 Å². The van der Waals surface area contributed by atoms with Crippen molar-refractivity contribution >= 4 is 17.4 Å². The van der Waals surface area contributed by atoms with E-state index in [-0.39, 0.29) is 18.2 Å². The van der Waals surface area contributed by atoms with Crippen LogP contribution < -0.4 is 10.2 Å². The number of rotatable bonds is 5. The second-order valence-electron chi connectivity index (χ2n) is 11.1. The summed E-state index contributed by atoms with van der Waals surface area (Å²) in [5.41, 5.74) is 6.97. The summed E-state index contributed by atoms with van der Waals surface area (Å²) in [7, 11) is 1.96. The van der Waals surface area contributed by atoms with Gasteiger partial charge in [0.25, 0.3) is 5.91 Å². The third-order valence-corrected chi connectivity index (χ3v) is 8.28. The molecule has 7 heteroatoms. The van der Waals surface area contributed by atoms with Gasteiger partial charge >= 0.3 is 0 Å². The van der Waals surface area contributed by atoms with E-state index in [1.165, 1.54) is 0 Å². The second kappa shape index (κ2) is 12.2. The highest BCUT2D eigenvalue weighted by atomic mass is 16.2. The van der Waals surface area contributed by atoms with Crippen LogP contribution in [0.25, 0.3) is 0 Å². The van der Waals surface area contributed by atoms with E-state index in [4.69, 9.17) is 0 Å². The van der Waals surface area contributed by atoms with E-state index < -0.39 is 0 Å². The standard InChI is InChI=1S/C32H41N5O2/c1-4-37(26-14-17-36(18-15-26)22-25-13-16-35(3)34-25)30-12-8-11-28-27(30)10-7-5-6-9-24-19-23(2)20-31(38)29(24)21-33-32(28)39/h5,7-8,11-13,16,19,26H,4,6,9-10,14-15,17-18,20-22H2,1-3H3,(H,33,39)/b7-5+. The number of carbonyl (C=O) groups excluding carboxylic acids is 2. The van der Waals surface area contributed by atoms with Gasteiger partial charge in [0, 0.05) is 75.3 Å². The van der Waals surface area contributed by atoms with E-state index in [0.717, 1.165) is 85.5 Å². The number of Topliss-reactive ketones (excluding diaryl/α,β-unsaturated/α-hetero) is 1. The Kier molecular flexibility index (Phi) is 8.46. The topological polar surface area (TPSA) is 70.5 Å². The van der Waals surface area contributed by atoms with Crippen LogP contribution in [0.1, 0.15) is 67.6 Å². The van der Waals surface area contributed by atoms with Gasteiger partial charge in [-0.05, 0) is 75.3 Å². The number of ketones is 1. The predicted molar refractivity (Wildman–Crippen MR) is 156 cm³/mol. The van der Waals surface area contributed by atoms with Gasteiger partial charge < -0.3 is 10.2 Å².